The molecule has 2 aromatic heterocycles. The van der Waals surface area contributed by atoms with Crippen LogP contribution in [-0.4, -0.2) is 17.9 Å². The summed E-state index contributed by atoms with van der Waals surface area (Å²) < 4.78 is 11.3. The molecule has 28 heavy (non-hydrogen) atoms. The van der Waals surface area contributed by atoms with Gasteiger partial charge in [-0.15, -0.1) is 11.3 Å². The number of anilines is 1. The first kappa shape index (κ1) is 18.0. The van der Waals surface area contributed by atoms with E-state index in [2.05, 4.69) is 4.98 Å². The molecule has 0 N–H and O–H groups in total. The summed E-state index contributed by atoms with van der Waals surface area (Å²) in [5.74, 6) is 1.96. The third kappa shape index (κ3) is 4.13. The van der Waals surface area contributed by atoms with Crippen LogP contribution in [0.5, 0.6) is 11.5 Å². The van der Waals surface area contributed by atoms with Gasteiger partial charge in [0.15, 0.2) is 0 Å². The van der Waals surface area contributed by atoms with Crippen LogP contribution in [0.3, 0.4) is 0 Å². The first-order valence-corrected chi connectivity index (χ1v) is 9.65. The van der Waals surface area contributed by atoms with Crippen LogP contribution in [0.4, 0.5) is 5.69 Å². The van der Waals surface area contributed by atoms with E-state index in [1.807, 2.05) is 72.1 Å². The number of oxazole rings is 1. The van der Waals surface area contributed by atoms with Crippen LogP contribution in [0, 0.1) is 0 Å². The van der Waals surface area contributed by atoms with Crippen LogP contribution in [0.1, 0.15) is 5.69 Å². The van der Waals surface area contributed by atoms with Gasteiger partial charge in [0.25, 0.3) is 0 Å². The Labute approximate surface area is 166 Å². The summed E-state index contributed by atoms with van der Waals surface area (Å²) in [4.78, 5) is 19.6. The summed E-state index contributed by atoms with van der Waals surface area (Å²) in [6.45, 7) is 0. The Morgan fingerprint density at radius 1 is 1.04 bits per heavy atom. The van der Waals surface area contributed by atoms with Crippen molar-refractivity contribution >= 4 is 22.9 Å². The van der Waals surface area contributed by atoms with Gasteiger partial charge in [0.1, 0.15) is 17.8 Å². The van der Waals surface area contributed by atoms with Gasteiger partial charge in [-0.1, -0.05) is 24.3 Å². The quantitative estimate of drug-likeness (QED) is 0.442. The van der Waals surface area contributed by atoms with Gasteiger partial charge in [-0.05, 0) is 47.8 Å². The van der Waals surface area contributed by atoms with Crippen LogP contribution in [0.2, 0.25) is 0 Å². The normalized spacial score (nSPS) is 10.6. The predicted octanol–water partition coefficient (Wildman–Crippen LogP) is 5.40. The van der Waals surface area contributed by atoms with Crippen molar-refractivity contribution in [2.75, 3.05) is 11.9 Å². The molecule has 1 amide bonds. The second-order valence-electron chi connectivity index (χ2n) is 6.16. The maximum absolute atomic E-state index is 12.6. The van der Waals surface area contributed by atoms with E-state index in [4.69, 9.17) is 9.15 Å². The minimum Gasteiger partial charge on any atom is -0.457 e. The highest BCUT2D eigenvalue weighted by Gasteiger charge is 2.15. The highest BCUT2D eigenvalue weighted by atomic mass is 32.1. The molecule has 0 radical (unpaired) electrons. The fourth-order valence-corrected chi connectivity index (χ4v) is 3.34. The number of nitrogens with zero attached hydrogens (tertiary/aromatic N) is 2. The minimum atomic E-state index is -0.0669. The van der Waals surface area contributed by atoms with Crippen LogP contribution in [0.25, 0.3) is 10.8 Å². The summed E-state index contributed by atoms with van der Waals surface area (Å²) in [6.07, 6.45) is 1.71. The van der Waals surface area contributed by atoms with E-state index < -0.39 is 0 Å². The van der Waals surface area contributed by atoms with Gasteiger partial charge in [-0.2, -0.15) is 0 Å². The van der Waals surface area contributed by atoms with Crippen molar-refractivity contribution in [3.05, 3.63) is 84.1 Å². The number of hydrogen-bond donors (Lipinski definition) is 0. The predicted molar refractivity (Wildman–Crippen MR) is 110 cm³/mol. The van der Waals surface area contributed by atoms with E-state index in [1.165, 1.54) is 6.26 Å². The van der Waals surface area contributed by atoms with Crippen molar-refractivity contribution in [3.63, 3.8) is 0 Å². The van der Waals surface area contributed by atoms with Crippen LogP contribution >= 0.6 is 11.3 Å². The Hall–Kier alpha value is -3.38. The molecule has 0 atom stereocenters. The van der Waals surface area contributed by atoms with E-state index >= 15 is 0 Å². The zero-order valence-electron chi connectivity index (χ0n) is 15.2. The van der Waals surface area contributed by atoms with Crippen LogP contribution in [0.15, 0.2) is 82.8 Å². The lowest BCUT2D eigenvalue weighted by Gasteiger charge is -2.17. The number of likely N-dealkylation sites (N-methyl/N-ethyl adjacent to an activating group) is 1. The smallest absolute Gasteiger partial charge is 0.236 e. The monoisotopic (exact) mass is 390 g/mol. The molecule has 5 nitrogen and oxygen atoms in total. The Morgan fingerprint density at radius 2 is 1.79 bits per heavy atom. The van der Waals surface area contributed by atoms with Crippen LogP contribution < -0.4 is 9.64 Å². The van der Waals surface area contributed by atoms with Crippen molar-refractivity contribution in [1.82, 2.24) is 4.98 Å². The highest BCUT2D eigenvalue weighted by molar-refractivity contribution is 7.13. The molecule has 0 bridgehead atoms. The zero-order valence-corrected chi connectivity index (χ0v) is 16.1. The number of rotatable bonds is 6. The third-order valence-electron chi connectivity index (χ3n) is 4.19. The van der Waals surface area contributed by atoms with Gasteiger partial charge < -0.3 is 14.1 Å². The fourth-order valence-electron chi connectivity index (χ4n) is 2.68. The topological polar surface area (TPSA) is 55.6 Å². The van der Waals surface area contributed by atoms with E-state index in [1.54, 1.807) is 23.3 Å². The number of thiophene rings is 1. The molecule has 0 aliphatic rings. The lowest BCUT2D eigenvalue weighted by atomic mass is 10.2. The zero-order chi connectivity index (χ0) is 19.3. The van der Waals surface area contributed by atoms with Crippen molar-refractivity contribution in [2.24, 2.45) is 0 Å². The van der Waals surface area contributed by atoms with Gasteiger partial charge >= 0.3 is 0 Å². The number of ether oxygens (including phenoxy) is 1. The maximum atomic E-state index is 12.6. The average Bonchev–Trinajstić information content (AvgIpc) is 3.40. The first-order valence-electron chi connectivity index (χ1n) is 8.77. The number of carbonyl (C=O) groups is 1. The van der Waals surface area contributed by atoms with E-state index in [0.29, 0.717) is 17.3 Å². The standard InChI is InChI=1S/C22H18N2O3S/c1-24(17-9-11-19(12-10-17)27-18-6-3-2-4-7-18)21(25)14-16-15-26-22(23-16)20-8-5-13-28-20/h2-13,15H,14H2,1H3. The molecule has 140 valence electrons. The number of aromatic nitrogens is 1. The molecule has 0 spiro atoms. The van der Waals surface area contributed by atoms with Crippen molar-refractivity contribution in [3.8, 4) is 22.3 Å². The van der Waals surface area contributed by atoms with Crippen molar-refractivity contribution in [2.45, 2.75) is 6.42 Å². The summed E-state index contributed by atoms with van der Waals surface area (Å²) in [6, 6.07) is 20.8. The van der Waals surface area contributed by atoms with Crippen molar-refractivity contribution in [1.29, 1.82) is 0 Å². The Balaban J connectivity index is 1.39. The molecule has 6 heteroatoms. The molecule has 0 saturated heterocycles. The van der Waals surface area contributed by atoms with Gasteiger partial charge in [-0.3, -0.25) is 4.79 Å². The molecule has 0 aliphatic carbocycles. The number of hydrogen-bond acceptors (Lipinski definition) is 5. The van der Waals surface area contributed by atoms with Gasteiger partial charge in [0.2, 0.25) is 11.8 Å². The lowest BCUT2D eigenvalue weighted by Crippen LogP contribution is -2.27. The largest absolute Gasteiger partial charge is 0.457 e. The lowest BCUT2D eigenvalue weighted by molar-refractivity contribution is -0.117. The molecular formula is C22H18N2O3S. The first-order chi connectivity index (χ1) is 13.7. The summed E-state index contributed by atoms with van der Waals surface area (Å²) >= 11 is 1.55. The second kappa shape index (κ2) is 8.10. The van der Waals surface area contributed by atoms with E-state index in [0.717, 1.165) is 16.3 Å². The average molecular weight is 390 g/mol. The highest BCUT2D eigenvalue weighted by Crippen LogP contribution is 2.25. The van der Waals surface area contributed by atoms with Crippen LogP contribution in [-0.2, 0) is 11.2 Å². The SMILES string of the molecule is CN(C(=O)Cc1coc(-c2cccs2)n1)c1ccc(Oc2ccccc2)cc1. The molecular weight excluding hydrogens is 372 g/mol. The number of benzene rings is 2. The molecule has 0 unspecified atom stereocenters. The molecule has 4 rings (SSSR count). The van der Waals surface area contributed by atoms with E-state index in [-0.39, 0.29) is 12.3 Å². The minimum absolute atomic E-state index is 0.0669. The fraction of sp³-hybridized carbons (Fsp3) is 0.0909. The number of amides is 1. The molecule has 0 fully saturated rings. The van der Waals surface area contributed by atoms with E-state index in [9.17, 15) is 4.79 Å². The van der Waals surface area contributed by atoms with Gasteiger partial charge in [0.05, 0.1) is 17.0 Å². The molecule has 0 aliphatic heterocycles. The Bertz CT molecular complexity index is 1040. The summed E-state index contributed by atoms with van der Waals surface area (Å²) in [7, 11) is 1.75. The Morgan fingerprint density at radius 3 is 2.50 bits per heavy atom. The maximum Gasteiger partial charge on any atom is 0.236 e. The molecule has 2 aromatic carbocycles. The number of para-hydroxylation sites is 1. The molecule has 4 aromatic rings. The third-order valence-corrected chi connectivity index (χ3v) is 5.05. The second-order valence-corrected chi connectivity index (χ2v) is 7.11. The van der Waals surface area contributed by atoms with Gasteiger partial charge in [0, 0.05) is 12.7 Å². The van der Waals surface area contributed by atoms with Crippen molar-refractivity contribution < 1.29 is 13.9 Å². The summed E-state index contributed by atoms with van der Waals surface area (Å²) in [5, 5.41) is 1.96. The Kier molecular flexibility index (Phi) is 5.21. The molecule has 2 heterocycles. The van der Waals surface area contributed by atoms with Gasteiger partial charge in [-0.25, -0.2) is 4.98 Å². The number of carbonyl (C=O) groups excluding carboxylic acids is 1. The molecule has 0 saturated carbocycles. The summed E-state index contributed by atoms with van der Waals surface area (Å²) in [5.41, 5.74) is 1.40.